The monoisotopic (exact) mass is 320 g/mol. The van der Waals surface area contributed by atoms with Gasteiger partial charge in [0.15, 0.2) is 5.13 Å². The Morgan fingerprint density at radius 1 is 1.55 bits per heavy atom. The smallest absolute Gasteiger partial charge is 0.315 e. The van der Waals surface area contributed by atoms with Crippen LogP contribution in [-0.2, 0) is 27.3 Å². The SMILES string of the molecule is CCOC(=O)C1CCc2sc(NC(=O)Cn3cccn3)nc21. The average Bonchev–Trinajstić information content (AvgIpc) is 3.15. The Labute approximate surface area is 131 Å². The van der Waals surface area contributed by atoms with E-state index in [1.165, 1.54) is 16.0 Å². The van der Waals surface area contributed by atoms with Crippen molar-refractivity contribution >= 4 is 28.3 Å². The van der Waals surface area contributed by atoms with Gasteiger partial charge in [0.25, 0.3) is 0 Å². The molecule has 0 bridgehead atoms. The highest BCUT2D eigenvalue weighted by molar-refractivity contribution is 7.16. The molecule has 2 heterocycles. The molecule has 116 valence electrons. The maximum Gasteiger partial charge on any atom is 0.315 e. The molecule has 1 atom stereocenters. The molecule has 1 N–H and O–H groups in total. The predicted octanol–water partition coefficient (Wildman–Crippen LogP) is 1.57. The van der Waals surface area contributed by atoms with Gasteiger partial charge in [0.05, 0.1) is 12.3 Å². The minimum atomic E-state index is -0.303. The molecule has 1 amide bonds. The summed E-state index contributed by atoms with van der Waals surface area (Å²) >= 11 is 1.42. The number of aryl methyl sites for hydroxylation is 1. The molecule has 0 saturated heterocycles. The molecule has 0 aliphatic heterocycles. The number of ether oxygens (including phenoxy) is 1. The highest BCUT2D eigenvalue weighted by atomic mass is 32.1. The van der Waals surface area contributed by atoms with Crippen molar-refractivity contribution in [1.29, 1.82) is 0 Å². The number of nitrogens with one attached hydrogen (secondary N) is 1. The summed E-state index contributed by atoms with van der Waals surface area (Å²) < 4.78 is 6.61. The van der Waals surface area contributed by atoms with Gasteiger partial charge in [-0.05, 0) is 25.8 Å². The van der Waals surface area contributed by atoms with Crippen molar-refractivity contribution < 1.29 is 14.3 Å². The maximum atomic E-state index is 11.9. The van der Waals surface area contributed by atoms with E-state index in [2.05, 4.69) is 15.4 Å². The standard InChI is InChI=1S/C14H16N4O3S/c1-2-21-13(20)9-4-5-10-12(9)17-14(22-10)16-11(19)8-18-7-3-6-15-18/h3,6-7,9H,2,4-5,8H2,1H3,(H,16,17,19). The number of nitrogens with zero attached hydrogens (tertiary/aromatic N) is 3. The molecule has 0 spiro atoms. The van der Waals surface area contributed by atoms with Crippen LogP contribution in [0.1, 0.15) is 29.8 Å². The lowest BCUT2D eigenvalue weighted by molar-refractivity contribution is -0.145. The second-order valence-electron chi connectivity index (χ2n) is 4.92. The van der Waals surface area contributed by atoms with Gasteiger partial charge in [-0.25, -0.2) is 4.98 Å². The summed E-state index contributed by atoms with van der Waals surface area (Å²) in [6.07, 6.45) is 4.87. The summed E-state index contributed by atoms with van der Waals surface area (Å²) in [7, 11) is 0. The Morgan fingerprint density at radius 2 is 2.41 bits per heavy atom. The highest BCUT2D eigenvalue weighted by Crippen LogP contribution is 2.38. The Morgan fingerprint density at radius 3 is 3.14 bits per heavy atom. The molecule has 3 rings (SSSR count). The van der Waals surface area contributed by atoms with E-state index in [0.717, 1.165) is 23.4 Å². The van der Waals surface area contributed by atoms with E-state index in [0.29, 0.717) is 11.7 Å². The fourth-order valence-electron chi connectivity index (χ4n) is 2.45. The summed E-state index contributed by atoms with van der Waals surface area (Å²) in [5.74, 6) is -0.729. The van der Waals surface area contributed by atoms with Crippen molar-refractivity contribution in [3.8, 4) is 0 Å². The summed E-state index contributed by atoms with van der Waals surface area (Å²) in [6.45, 7) is 2.29. The lowest BCUT2D eigenvalue weighted by Gasteiger charge is -2.08. The number of aromatic nitrogens is 3. The number of thiazole rings is 1. The second-order valence-corrected chi connectivity index (χ2v) is 6.01. The van der Waals surface area contributed by atoms with E-state index < -0.39 is 0 Å². The third kappa shape index (κ3) is 3.01. The van der Waals surface area contributed by atoms with Gasteiger partial charge in [-0.1, -0.05) is 0 Å². The number of anilines is 1. The number of fused-ring (bicyclic) bond motifs is 1. The van der Waals surface area contributed by atoms with Gasteiger partial charge < -0.3 is 10.1 Å². The van der Waals surface area contributed by atoms with Crippen LogP contribution in [0.5, 0.6) is 0 Å². The summed E-state index contributed by atoms with van der Waals surface area (Å²) in [5.41, 5.74) is 0.748. The van der Waals surface area contributed by atoms with Gasteiger partial charge in [0.1, 0.15) is 12.5 Å². The summed E-state index contributed by atoms with van der Waals surface area (Å²) in [4.78, 5) is 29.3. The fraction of sp³-hybridized carbons (Fsp3) is 0.429. The van der Waals surface area contributed by atoms with E-state index in [1.807, 2.05) is 0 Å². The van der Waals surface area contributed by atoms with Crippen LogP contribution in [0.15, 0.2) is 18.5 Å². The van der Waals surface area contributed by atoms with Gasteiger partial charge in [-0.2, -0.15) is 5.10 Å². The Bertz CT molecular complexity index is 680. The third-order valence-electron chi connectivity index (χ3n) is 3.40. The van der Waals surface area contributed by atoms with Gasteiger partial charge in [0.2, 0.25) is 5.91 Å². The van der Waals surface area contributed by atoms with E-state index in [9.17, 15) is 9.59 Å². The topological polar surface area (TPSA) is 86.1 Å². The van der Waals surface area contributed by atoms with Crippen LogP contribution in [0.25, 0.3) is 0 Å². The second kappa shape index (κ2) is 6.27. The number of hydrogen-bond acceptors (Lipinski definition) is 6. The minimum Gasteiger partial charge on any atom is -0.465 e. The first-order valence-corrected chi connectivity index (χ1v) is 7.92. The molecule has 2 aromatic heterocycles. The van der Waals surface area contributed by atoms with Gasteiger partial charge in [-0.15, -0.1) is 11.3 Å². The molecular weight excluding hydrogens is 304 g/mol. The molecule has 0 aromatic carbocycles. The van der Waals surface area contributed by atoms with Crippen molar-refractivity contribution in [2.24, 2.45) is 0 Å². The lowest BCUT2D eigenvalue weighted by atomic mass is 10.1. The van der Waals surface area contributed by atoms with E-state index in [-0.39, 0.29) is 24.3 Å². The molecular formula is C14H16N4O3S. The van der Waals surface area contributed by atoms with Gasteiger partial charge >= 0.3 is 5.97 Å². The Balaban J connectivity index is 1.66. The van der Waals surface area contributed by atoms with Crippen LogP contribution in [0, 0.1) is 0 Å². The van der Waals surface area contributed by atoms with E-state index in [1.54, 1.807) is 25.4 Å². The van der Waals surface area contributed by atoms with Crippen molar-refractivity contribution in [2.45, 2.75) is 32.2 Å². The van der Waals surface area contributed by atoms with Crippen LogP contribution in [0.4, 0.5) is 5.13 Å². The first kappa shape index (κ1) is 14.7. The molecule has 1 aliphatic rings. The Hall–Kier alpha value is -2.22. The maximum absolute atomic E-state index is 11.9. The van der Waals surface area contributed by atoms with Gasteiger partial charge in [-0.3, -0.25) is 14.3 Å². The normalized spacial score (nSPS) is 16.3. The zero-order chi connectivity index (χ0) is 15.5. The molecule has 1 aliphatic carbocycles. The minimum absolute atomic E-state index is 0.137. The zero-order valence-electron chi connectivity index (χ0n) is 12.1. The van der Waals surface area contributed by atoms with Crippen LogP contribution in [-0.4, -0.2) is 33.2 Å². The van der Waals surface area contributed by atoms with E-state index >= 15 is 0 Å². The number of esters is 1. The third-order valence-corrected chi connectivity index (χ3v) is 4.45. The van der Waals surface area contributed by atoms with Crippen LogP contribution in [0.2, 0.25) is 0 Å². The van der Waals surface area contributed by atoms with Gasteiger partial charge in [0, 0.05) is 17.3 Å². The van der Waals surface area contributed by atoms with Crippen molar-refractivity contribution in [2.75, 3.05) is 11.9 Å². The molecule has 0 fully saturated rings. The number of hydrogen-bond donors (Lipinski definition) is 1. The van der Waals surface area contributed by atoms with E-state index in [4.69, 9.17) is 4.74 Å². The molecule has 1 unspecified atom stereocenters. The number of carbonyl (C=O) groups excluding carboxylic acids is 2. The number of carbonyl (C=O) groups is 2. The molecule has 7 nitrogen and oxygen atoms in total. The van der Waals surface area contributed by atoms with Crippen LogP contribution >= 0.6 is 11.3 Å². The molecule has 2 aromatic rings. The number of rotatable bonds is 5. The zero-order valence-corrected chi connectivity index (χ0v) is 12.9. The van der Waals surface area contributed by atoms with Crippen molar-refractivity contribution in [3.05, 3.63) is 29.0 Å². The molecule has 22 heavy (non-hydrogen) atoms. The van der Waals surface area contributed by atoms with Crippen molar-refractivity contribution in [1.82, 2.24) is 14.8 Å². The summed E-state index contributed by atoms with van der Waals surface area (Å²) in [6, 6.07) is 1.76. The highest BCUT2D eigenvalue weighted by Gasteiger charge is 2.33. The average molecular weight is 320 g/mol. The van der Waals surface area contributed by atoms with Crippen LogP contribution < -0.4 is 5.32 Å². The fourth-order valence-corrected chi connectivity index (χ4v) is 3.51. The quantitative estimate of drug-likeness (QED) is 0.845. The number of amides is 1. The largest absolute Gasteiger partial charge is 0.465 e. The summed E-state index contributed by atoms with van der Waals surface area (Å²) in [5, 5.41) is 7.26. The van der Waals surface area contributed by atoms with Crippen molar-refractivity contribution in [3.63, 3.8) is 0 Å². The molecule has 0 saturated carbocycles. The molecule has 8 heteroatoms. The van der Waals surface area contributed by atoms with Crippen LogP contribution in [0.3, 0.4) is 0 Å². The predicted molar refractivity (Wildman–Crippen MR) is 80.7 cm³/mol. The Kier molecular flexibility index (Phi) is 4.19. The lowest BCUT2D eigenvalue weighted by Crippen LogP contribution is -2.19. The first-order chi connectivity index (χ1) is 10.7. The first-order valence-electron chi connectivity index (χ1n) is 7.11. The molecule has 0 radical (unpaired) electrons.